The fourth-order valence-electron chi connectivity index (χ4n) is 2.96. The van der Waals surface area contributed by atoms with E-state index in [4.69, 9.17) is 9.26 Å². The second kappa shape index (κ2) is 7.31. The number of hydrogen-bond donors (Lipinski definition) is 0. The number of benzene rings is 2. The van der Waals surface area contributed by atoms with Crippen molar-refractivity contribution in [2.75, 3.05) is 19.7 Å². The predicted octanol–water partition coefficient (Wildman–Crippen LogP) is 3.59. The van der Waals surface area contributed by atoms with E-state index in [9.17, 15) is 8.78 Å². The minimum atomic E-state index is -0.840. The van der Waals surface area contributed by atoms with Gasteiger partial charge < -0.3 is 9.26 Å². The molecule has 0 bridgehead atoms. The molecule has 1 atom stereocenters. The highest BCUT2D eigenvalue weighted by Gasteiger charge is 2.27. The number of rotatable bonds is 4. The van der Waals surface area contributed by atoms with Crippen LogP contribution in [0.4, 0.5) is 8.78 Å². The Morgan fingerprint density at radius 1 is 1.08 bits per heavy atom. The smallest absolute Gasteiger partial charge is 0.257 e. The Morgan fingerprint density at radius 3 is 2.73 bits per heavy atom. The molecule has 0 radical (unpaired) electrons. The molecule has 134 valence electrons. The maximum absolute atomic E-state index is 13.4. The summed E-state index contributed by atoms with van der Waals surface area (Å²) in [6.45, 7) is 2.22. The lowest BCUT2D eigenvalue weighted by molar-refractivity contribution is -0.0475. The minimum absolute atomic E-state index is 0.348. The van der Waals surface area contributed by atoms with Gasteiger partial charge in [0, 0.05) is 25.2 Å². The fraction of sp³-hybridized carbons (Fsp3) is 0.263. The van der Waals surface area contributed by atoms with E-state index in [0.717, 1.165) is 11.6 Å². The van der Waals surface area contributed by atoms with Crippen molar-refractivity contribution in [3.8, 4) is 11.4 Å². The summed E-state index contributed by atoms with van der Waals surface area (Å²) < 4.78 is 37.6. The van der Waals surface area contributed by atoms with Crippen LogP contribution in [-0.4, -0.2) is 34.7 Å². The quantitative estimate of drug-likeness (QED) is 0.714. The highest BCUT2D eigenvalue weighted by molar-refractivity contribution is 5.53. The molecule has 0 aliphatic carbocycles. The molecule has 7 heteroatoms. The van der Waals surface area contributed by atoms with Crippen LogP contribution in [0.3, 0.4) is 0 Å². The van der Waals surface area contributed by atoms with Gasteiger partial charge in [-0.3, -0.25) is 4.90 Å². The second-order valence-electron chi connectivity index (χ2n) is 6.17. The first kappa shape index (κ1) is 16.8. The van der Waals surface area contributed by atoms with Gasteiger partial charge in [0.2, 0.25) is 5.82 Å². The van der Waals surface area contributed by atoms with Gasteiger partial charge in [0.1, 0.15) is 6.10 Å². The van der Waals surface area contributed by atoms with Crippen molar-refractivity contribution < 1.29 is 18.0 Å². The van der Waals surface area contributed by atoms with Crippen molar-refractivity contribution in [2.24, 2.45) is 0 Å². The lowest BCUT2D eigenvalue weighted by Gasteiger charge is -2.31. The molecule has 0 amide bonds. The molecule has 5 nitrogen and oxygen atoms in total. The van der Waals surface area contributed by atoms with E-state index >= 15 is 0 Å². The van der Waals surface area contributed by atoms with E-state index in [1.807, 2.05) is 30.3 Å². The van der Waals surface area contributed by atoms with E-state index in [1.54, 1.807) is 6.07 Å². The third kappa shape index (κ3) is 3.63. The summed E-state index contributed by atoms with van der Waals surface area (Å²) in [5, 5.41) is 4.02. The molecule has 26 heavy (non-hydrogen) atoms. The summed E-state index contributed by atoms with van der Waals surface area (Å²) in [5.41, 5.74) is 1.58. The SMILES string of the molecule is Fc1ccc(CN2CCO[C@@H](c3nc(-c4ccccc4)no3)C2)cc1F. The number of morpholine rings is 1. The maximum atomic E-state index is 13.4. The average Bonchev–Trinajstić information content (AvgIpc) is 3.16. The first-order valence-corrected chi connectivity index (χ1v) is 8.36. The first-order valence-electron chi connectivity index (χ1n) is 8.36. The van der Waals surface area contributed by atoms with E-state index in [0.29, 0.717) is 43.5 Å². The third-order valence-electron chi connectivity index (χ3n) is 4.29. The number of aromatic nitrogens is 2. The second-order valence-corrected chi connectivity index (χ2v) is 6.17. The van der Waals surface area contributed by atoms with Gasteiger partial charge in [-0.25, -0.2) is 8.78 Å². The Balaban J connectivity index is 1.45. The molecule has 3 aromatic rings. The van der Waals surface area contributed by atoms with Gasteiger partial charge in [-0.1, -0.05) is 41.6 Å². The van der Waals surface area contributed by atoms with Gasteiger partial charge in [0.25, 0.3) is 5.89 Å². The molecular formula is C19H17F2N3O2. The number of ether oxygens (including phenoxy) is 1. The highest BCUT2D eigenvalue weighted by atomic mass is 19.2. The molecule has 0 N–H and O–H groups in total. The van der Waals surface area contributed by atoms with Crippen LogP contribution in [0.5, 0.6) is 0 Å². The first-order chi connectivity index (χ1) is 12.7. The molecule has 1 aliphatic heterocycles. The monoisotopic (exact) mass is 357 g/mol. The summed E-state index contributed by atoms with van der Waals surface area (Å²) in [6.07, 6.45) is -0.348. The molecule has 0 spiro atoms. The zero-order chi connectivity index (χ0) is 17.9. The van der Waals surface area contributed by atoms with Crippen LogP contribution >= 0.6 is 0 Å². The van der Waals surface area contributed by atoms with Gasteiger partial charge in [0.05, 0.1) is 6.61 Å². The fourth-order valence-corrected chi connectivity index (χ4v) is 2.96. The van der Waals surface area contributed by atoms with Crippen molar-refractivity contribution in [1.29, 1.82) is 0 Å². The Labute approximate surface area is 149 Å². The normalized spacial score (nSPS) is 18.2. The van der Waals surface area contributed by atoms with Gasteiger partial charge >= 0.3 is 0 Å². The summed E-state index contributed by atoms with van der Waals surface area (Å²) in [4.78, 5) is 6.52. The summed E-state index contributed by atoms with van der Waals surface area (Å²) in [6, 6.07) is 13.5. The van der Waals surface area contributed by atoms with Crippen LogP contribution in [0, 0.1) is 11.6 Å². The minimum Gasteiger partial charge on any atom is -0.366 e. The molecule has 1 aromatic heterocycles. The van der Waals surface area contributed by atoms with Crippen molar-refractivity contribution in [3.05, 3.63) is 71.6 Å². The molecule has 2 heterocycles. The van der Waals surface area contributed by atoms with E-state index in [-0.39, 0.29) is 6.10 Å². The van der Waals surface area contributed by atoms with Gasteiger partial charge in [-0.05, 0) is 17.7 Å². The maximum Gasteiger partial charge on any atom is 0.257 e. The number of halogens is 2. The van der Waals surface area contributed by atoms with Crippen LogP contribution in [0.1, 0.15) is 17.6 Å². The van der Waals surface area contributed by atoms with E-state index in [2.05, 4.69) is 15.0 Å². The van der Waals surface area contributed by atoms with Crippen molar-refractivity contribution in [3.63, 3.8) is 0 Å². The van der Waals surface area contributed by atoms with Crippen LogP contribution < -0.4 is 0 Å². The molecule has 1 saturated heterocycles. The van der Waals surface area contributed by atoms with Crippen LogP contribution in [0.15, 0.2) is 53.1 Å². The van der Waals surface area contributed by atoms with Crippen molar-refractivity contribution in [1.82, 2.24) is 15.0 Å². The van der Waals surface area contributed by atoms with Crippen molar-refractivity contribution in [2.45, 2.75) is 12.6 Å². The van der Waals surface area contributed by atoms with Gasteiger partial charge in [-0.2, -0.15) is 4.98 Å². The highest BCUT2D eigenvalue weighted by Crippen LogP contribution is 2.24. The van der Waals surface area contributed by atoms with E-state index < -0.39 is 11.6 Å². The van der Waals surface area contributed by atoms with Crippen LogP contribution in [0.2, 0.25) is 0 Å². The lowest BCUT2D eigenvalue weighted by Crippen LogP contribution is -2.38. The van der Waals surface area contributed by atoms with Crippen molar-refractivity contribution >= 4 is 0 Å². The Hall–Kier alpha value is -2.64. The summed E-state index contributed by atoms with van der Waals surface area (Å²) in [5.74, 6) is -0.745. The zero-order valence-electron chi connectivity index (χ0n) is 13.9. The molecule has 0 unspecified atom stereocenters. The molecule has 1 aliphatic rings. The van der Waals surface area contributed by atoms with E-state index in [1.165, 1.54) is 6.07 Å². The zero-order valence-corrected chi connectivity index (χ0v) is 13.9. The number of nitrogens with zero attached hydrogens (tertiary/aromatic N) is 3. The summed E-state index contributed by atoms with van der Waals surface area (Å²) in [7, 11) is 0. The van der Waals surface area contributed by atoms with Gasteiger partial charge in [0.15, 0.2) is 11.6 Å². The Kier molecular flexibility index (Phi) is 4.73. The third-order valence-corrected chi connectivity index (χ3v) is 4.29. The topological polar surface area (TPSA) is 51.4 Å². The molecule has 4 rings (SSSR count). The lowest BCUT2D eigenvalue weighted by atomic mass is 10.1. The average molecular weight is 357 g/mol. The molecule has 0 saturated carbocycles. The Morgan fingerprint density at radius 2 is 1.92 bits per heavy atom. The molecular weight excluding hydrogens is 340 g/mol. The Bertz CT molecular complexity index is 886. The largest absolute Gasteiger partial charge is 0.366 e. The van der Waals surface area contributed by atoms with Gasteiger partial charge in [-0.15, -0.1) is 0 Å². The molecule has 2 aromatic carbocycles. The van der Waals surface area contributed by atoms with Crippen LogP contribution in [-0.2, 0) is 11.3 Å². The van der Waals surface area contributed by atoms with Crippen LogP contribution in [0.25, 0.3) is 11.4 Å². The molecule has 1 fully saturated rings. The predicted molar refractivity (Wildman–Crippen MR) is 90.1 cm³/mol. The summed E-state index contributed by atoms with van der Waals surface area (Å²) >= 11 is 0. The number of hydrogen-bond acceptors (Lipinski definition) is 5. The standard InChI is InChI=1S/C19H17F2N3O2/c20-15-7-6-13(10-16(15)21)11-24-8-9-25-17(12-24)19-22-18(23-26-19)14-4-2-1-3-5-14/h1-7,10,17H,8-9,11-12H2/t17-/m1/s1.